The zero-order chi connectivity index (χ0) is 13.6. The topological polar surface area (TPSA) is 38.8 Å². The molecule has 3 nitrogen and oxygen atoms in total. The first kappa shape index (κ1) is 14.8. The van der Waals surface area contributed by atoms with Crippen molar-refractivity contribution in [1.29, 1.82) is 0 Å². The monoisotopic (exact) mass is 268 g/mol. The first-order chi connectivity index (χ1) is 9.28. The zero-order valence-corrected chi connectivity index (χ0v) is 12.3. The molecular formula is C16H28O3. The molecule has 1 aliphatic heterocycles. The predicted octanol–water partition coefficient (Wildman–Crippen LogP) is 3.99. The van der Waals surface area contributed by atoms with Gasteiger partial charge in [-0.3, -0.25) is 0 Å². The average Bonchev–Trinajstić information content (AvgIpc) is 3.09. The van der Waals surface area contributed by atoms with Crippen molar-refractivity contribution in [3.05, 3.63) is 0 Å². The van der Waals surface area contributed by atoms with Crippen LogP contribution in [0.5, 0.6) is 0 Å². The van der Waals surface area contributed by atoms with Crippen LogP contribution in [0.3, 0.4) is 0 Å². The van der Waals surface area contributed by atoms with E-state index in [4.69, 9.17) is 9.47 Å². The third-order valence-electron chi connectivity index (χ3n) is 4.47. The molecule has 2 rings (SSSR count). The van der Waals surface area contributed by atoms with E-state index >= 15 is 0 Å². The Morgan fingerprint density at radius 1 is 1.00 bits per heavy atom. The Hall–Kier alpha value is -0.570. The van der Waals surface area contributed by atoms with E-state index in [1.54, 1.807) is 0 Å². The van der Waals surface area contributed by atoms with E-state index in [0.29, 0.717) is 6.61 Å². The van der Waals surface area contributed by atoms with Crippen molar-refractivity contribution in [3.8, 4) is 0 Å². The van der Waals surface area contributed by atoms with E-state index in [1.807, 2.05) is 6.92 Å². The number of hydrogen-bond donors (Lipinski definition) is 0. The van der Waals surface area contributed by atoms with Crippen LogP contribution in [0.25, 0.3) is 0 Å². The molecule has 0 bridgehead atoms. The molecule has 2 aliphatic rings. The minimum atomic E-state index is -0.268. The number of esters is 1. The van der Waals surface area contributed by atoms with Gasteiger partial charge in [0.15, 0.2) is 6.10 Å². The summed E-state index contributed by atoms with van der Waals surface area (Å²) in [7, 11) is 0. The third-order valence-corrected chi connectivity index (χ3v) is 4.47. The fourth-order valence-electron chi connectivity index (χ4n) is 3.27. The molecule has 1 spiro atoms. The Kier molecular flexibility index (Phi) is 5.68. The molecule has 1 saturated carbocycles. The molecule has 3 heteroatoms. The summed E-state index contributed by atoms with van der Waals surface area (Å²) in [5.41, 5.74) is -0.161. The molecule has 0 aromatic heterocycles. The lowest BCUT2D eigenvalue weighted by Gasteiger charge is -2.14. The van der Waals surface area contributed by atoms with Crippen molar-refractivity contribution in [2.24, 2.45) is 0 Å². The summed E-state index contributed by atoms with van der Waals surface area (Å²) in [6, 6.07) is 0. The minimum absolute atomic E-state index is 0.144. The molecule has 1 unspecified atom stereocenters. The highest BCUT2D eigenvalue weighted by Crippen LogP contribution is 2.46. The van der Waals surface area contributed by atoms with Crippen molar-refractivity contribution >= 4 is 5.97 Å². The lowest BCUT2D eigenvalue weighted by molar-refractivity contribution is -0.144. The van der Waals surface area contributed by atoms with Gasteiger partial charge in [-0.1, -0.05) is 57.8 Å². The molecule has 19 heavy (non-hydrogen) atoms. The van der Waals surface area contributed by atoms with Crippen LogP contribution in [0.2, 0.25) is 0 Å². The van der Waals surface area contributed by atoms with Gasteiger partial charge in [-0.25, -0.2) is 4.79 Å². The van der Waals surface area contributed by atoms with E-state index in [1.165, 1.54) is 57.8 Å². The summed E-state index contributed by atoms with van der Waals surface area (Å²) in [6.45, 7) is 2.31. The molecule has 110 valence electrons. The van der Waals surface area contributed by atoms with Crippen LogP contribution in [-0.4, -0.2) is 24.3 Å². The second-order valence-corrected chi connectivity index (χ2v) is 6.00. The molecular weight excluding hydrogens is 240 g/mol. The Morgan fingerprint density at radius 2 is 1.47 bits per heavy atom. The predicted molar refractivity (Wildman–Crippen MR) is 75.0 cm³/mol. The van der Waals surface area contributed by atoms with E-state index in [-0.39, 0.29) is 17.7 Å². The van der Waals surface area contributed by atoms with Crippen LogP contribution in [-0.2, 0) is 14.3 Å². The van der Waals surface area contributed by atoms with Crippen molar-refractivity contribution < 1.29 is 14.3 Å². The molecule has 0 aromatic carbocycles. The van der Waals surface area contributed by atoms with Gasteiger partial charge in [0.1, 0.15) is 5.60 Å². The van der Waals surface area contributed by atoms with Gasteiger partial charge in [-0.05, 0) is 19.8 Å². The van der Waals surface area contributed by atoms with Gasteiger partial charge in [-0.2, -0.15) is 0 Å². The normalized spacial score (nSPS) is 28.2. The fraction of sp³-hybridized carbons (Fsp3) is 0.938. The maximum Gasteiger partial charge on any atom is 0.338 e. The second-order valence-electron chi connectivity index (χ2n) is 6.00. The summed E-state index contributed by atoms with van der Waals surface area (Å²) >= 11 is 0. The van der Waals surface area contributed by atoms with Crippen LogP contribution in [0, 0.1) is 0 Å². The zero-order valence-electron chi connectivity index (χ0n) is 12.3. The average molecular weight is 268 g/mol. The number of ether oxygens (including phenoxy) is 2. The lowest BCUT2D eigenvalue weighted by Crippen LogP contribution is -2.23. The van der Waals surface area contributed by atoms with Crippen molar-refractivity contribution in [3.63, 3.8) is 0 Å². The quantitative estimate of drug-likeness (QED) is 0.561. The summed E-state index contributed by atoms with van der Waals surface area (Å²) < 4.78 is 10.9. The van der Waals surface area contributed by atoms with Gasteiger partial charge in [0.05, 0.1) is 6.61 Å². The lowest BCUT2D eigenvalue weighted by atomic mass is 9.90. The summed E-state index contributed by atoms with van der Waals surface area (Å²) in [5, 5.41) is 0. The van der Waals surface area contributed by atoms with E-state index in [9.17, 15) is 4.79 Å². The highest BCUT2D eigenvalue weighted by molar-refractivity contribution is 5.79. The number of hydrogen-bond acceptors (Lipinski definition) is 3. The second kappa shape index (κ2) is 7.28. The highest BCUT2D eigenvalue weighted by Gasteiger charge is 2.60. The fourth-order valence-corrected chi connectivity index (χ4v) is 3.27. The minimum Gasteiger partial charge on any atom is -0.464 e. The SMILES string of the molecule is CCOC(=O)C1OC12CCCCCCCCCCC2. The van der Waals surface area contributed by atoms with Crippen molar-refractivity contribution in [2.45, 2.75) is 89.3 Å². The van der Waals surface area contributed by atoms with Crippen LogP contribution < -0.4 is 0 Å². The number of epoxide rings is 1. The van der Waals surface area contributed by atoms with E-state index in [2.05, 4.69) is 0 Å². The number of carbonyl (C=O) groups excluding carboxylic acids is 1. The summed E-state index contributed by atoms with van der Waals surface area (Å²) in [4.78, 5) is 11.8. The molecule has 0 aromatic rings. The van der Waals surface area contributed by atoms with Crippen LogP contribution in [0.15, 0.2) is 0 Å². The van der Waals surface area contributed by atoms with Gasteiger partial charge in [-0.15, -0.1) is 0 Å². The summed E-state index contributed by atoms with van der Waals surface area (Å²) in [6.07, 6.45) is 13.5. The number of rotatable bonds is 2. The largest absolute Gasteiger partial charge is 0.464 e. The molecule has 1 heterocycles. The third kappa shape index (κ3) is 4.20. The molecule has 1 aliphatic carbocycles. The Bertz CT molecular complexity index is 276. The maximum atomic E-state index is 11.8. The van der Waals surface area contributed by atoms with E-state index in [0.717, 1.165) is 12.8 Å². The smallest absolute Gasteiger partial charge is 0.338 e. The van der Waals surface area contributed by atoms with Crippen LogP contribution in [0.1, 0.15) is 77.6 Å². The highest BCUT2D eigenvalue weighted by atomic mass is 16.7. The van der Waals surface area contributed by atoms with Gasteiger partial charge < -0.3 is 9.47 Å². The van der Waals surface area contributed by atoms with Crippen molar-refractivity contribution in [1.82, 2.24) is 0 Å². The molecule has 0 amide bonds. The Morgan fingerprint density at radius 3 is 1.95 bits per heavy atom. The molecule has 0 radical (unpaired) electrons. The first-order valence-electron chi connectivity index (χ1n) is 8.13. The van der Waals surface area contributed by atoms with E-state index < -0.39 is 0 Å². The maximum absolute atomic E-state index is 11.8. The van der Waals surface area contributed by atoms with Crippen LogP contribution in [0.4, 0.5) is 0 Å². The molecule has 2 fully saturated rings. The van der Waals surface area contributed by atoms with Gasteiger partial charge in [0.2, 0.25) is 0 Å². The number of carbonyl (C=O) groups is 1. The summed E-state index contributed by atoms with van der Waals surface area (Å²) in [5.74, 6) is -0.144. The van der Waals surface area contributed by atoms with Gasteiger partial charge >= 0.3 is 5.97 Å². The standard InChI is InChI=1S/C16H28O3/c1-2-18-15(17)14-16(19-14)12-10-8-6-4-3-5-7-9-11-13-16/h14H,2-13H2,1H3. The van der Waals surface area contributed by atoms with Gasteiger partial charge in [0.25, 0.3) is 0 Å². The Balaban J connectivity index is 1.84. The van der Waals surface area contributed by atoms with Gasteiger partial charge in [0, 0.05) is 0 Å². The first-order valence-corrected chi connectivity index (χ1v) is 8.13. The molecule has 0 N–H and O–H groups in total. The molecule has 1 saturated heterocycles. The Labute approximate surface area is 117 Å². The van der Waals surface area contributed by atoms with Crippen molar-refractivity contribution in [2.75, 3.05) is 6.61 Å². The molecule has 1 atom stereocenters. The van der Waals surface area contributed by atoms with Crippen LogP contribution >= 0.6 is 0 Å².